The van der Waals surface area contributed by atoms with E-state index in [1.807, 2.05) is 6.92 Å². The summed E-state index contributed by atoms with van der Waals surface area (Å²) in [5, 5.41) is 6.27. The van der Waals surface area contributed by atoms with Crippen molar-refractivity contribution in [2.45, 2.75) is 26.7 Å². The van der Waals surface area contributed by atoms with Crippen molar-refractivity contribution in [3.05, 3.63) is 83.9 Å². The maximum Gasteiger partial charge on any atom is 0.343 e. The van der Waals surface area contributed by atoms with Crippen LogP contribution in [0.25, 0.3) is 0 Å². The summed E-state index contributed by atoms with van der Waals surface area (Å²) in [5.41, 5.74) is 3.65. The second-order valence-electron chi connectivity index (χ2n) is 7.80. The van der Waals surface area contributed by atoms with Crippen LogP contribution in [0.15, 0.2) is 77.9 Å². The number of hydrogen-bond donors (Lipinski definition) is 2. The van der Waals surface area contributed by atoms with Crippen molar-refractivity contribution in [3.63, 3.8) is 0 Å². The molecule has 3 aromatic carbocycles. The summed E-state index contributed by atoms with van der Waals surface area (Å²) in [6.07, 6.45) is 3.38. The molecule has 0 unspecified atom stereocenters. The van der Waals surface area contributed by atoms with Crippen LogP contribution < -0.4 is 25.0 Å². The van der Waals surface area contributed by atoms with Gasteiger partial charge in [0.2, 0.25) is 0 Å². The Morgan fingerprint density at radius 1 is 0.784 bits per heavy atom. The van der Waals surface area contributed by atoms with E-state index in [0.29, 0.717) is 47.3 Å². The maximum absolute atomic E-state index is 12.4. The molecule has 9 heteroatoms. The molecule has 0 atom stereocenters. The number of hydrazone groups is 1. The number of anilines is 1. The summed E-state index contributed by atoms with van der Waals surface area (Å²) in [5.74, 6) is -0.551. The summed E-state index contributed by atoms with van der Waals surface area (Å²) in [6, 6.07) is 19.9. The number of benzene rings is 3. The van der Waals surface area contributed by atoms with Gasteiger partial charge in [0.05, 0.1) is 25.0 Å². The quantitative estimate of drug-likeness (QED) is 0.0989. The van der Waals surface area contributed by atoms with Crippen LogP contribution in [0, 0.1) is 0 Å². The summed E-state index contributed by atoms with van der Waals surface area (Å²) in [4.78, 5) is 36.4. The monoisotopic (exact) mass is 503 g/mol. The van der Waals surface area contributed by atoms with E-state index in [-0.39, 0.29) is 0 Å². The molecule has 0 saturated heterocycles. The lowest BCUT2D eigenvalue weighted by Crippen LogP contribution is -2.32. The molecule has 0 bridgehead atoms. The Balaban J connectivity index is 1.45. The molecule has 0 heterocycles. The normalized spacial score (nSPS) is 10.5. The Hall–Kier alpha value is -4.66. The number of hydrogen-bond acceptors (Lipinski definition) is 7. The minimum absolute atomic E-state index is 0.351. The van der Waals surface area contributed by atoms with E-state index in [9.17, 15) is 14.4 Å². The average molecular weight is 504 g/mol. The molecule has 0 aromatic heterocycles. The highest BCUT2D eigenvalue weighted by atomic mass is 16.5. The molecule has 0 aliphatic carbocycles. The number of ether oxygens (including phenoxy) is 3. The van der Waals surface area contributed by atoms with Crippen molar-refractivity contribution in [3.8, 4) is 17.2 Å². The van der Waals surface area contributed by atoms with Crippen LogP contribution in [0.2, 0.25) is 0 Å². The topological polar surface area (TPSA) is 115 Å². The second kappa shape index (κ2) is 14.0. The molecule has 0 fully saturated rings. The highest BCUT2D eigenvalue weighted by molar-refractivity contribution is 6.39. The number of carbonyl (C=O) groups is 3. The third-order valence-electron chi connectivity index (χ3n) is 4.96. The fourth-order valence-electron chi connectivity index (χ4n) is 3.01. The highest BCUT2D eigenvalue weighted by Crippen LogP contribution is 2.17. The number of carbonyl (C=O) groups excluding carboxylic acids is 3. The molecule has 192 valence electrons. The highest BCUT2D eigenvalue weighted by Gasteiger charge is 2.13. The average Bonchev–Trinajstić information content (AvgIpc) is 2.91. The zero-order valence-electron chi connectivity index (χ0n) is 20.7. The fourth-order valence-corrected chi connectivity index (χ4v) is 3.01. The first-order chi connectivity index (χ1) is 18.0. The van der Waals surface area contributed by atoms with Crippen LogP contribution in [-0.4, -0.2) is 37.2 Å². The number of nitrogens with one attached hydrogen (secondary N) is 2. The molecule has 3 rings (SSSR count). The number of esters is 1. The van der Waals surface area contributed by atoms with Gasteiger partial charge in [0.1, 0.15) is 17.2 Å². The van der Waals surface area contributed by atoms with Crippen LogP contribution in [-0.2, 0) is 9.59 Å². The van der Waals surface area contributed by atoms with Gasteiger partial charge in [0.15, 0.2) is 0 Å². The number of rotatable bonds is 11. The standard InChI is InChI=1S/C28H29N3O6/c1-3-5-18-36-24-14-8-21(9-15-24)28(34)37-25-12-6-20(7-13-25)19-29-31-27(33)26(32)30-22-10-16-23(17-11-22)35-4-2/h6-17,19H,3-5,18H2,1-2H3,(H,30,32)(H,31,33). The van der Waals surface area contributed by atoms with E-state index in [0.717, 1.165) is 12.8 Å². The first kappa shape index (κ1) is 26.9. The Kier molecular flexibility index (Phi) is 10.2. The van der Waals surface area contributed by atoms with Gasteiger partial charge in [0.25, 0.3) is 0 Å². The van der Waals surface area contributed by atoms with Crippen LogP contribution in [0.5, 0.6) is 17.2 Å². The van der Waals surface area contributed by atoms with Crippen LogP contribution in [0.3, 0.4) is 0 Å². The first-order valence-corrected chi connectivity index (χ1v) is 11.9. The van der Waals surface area contributed by atoms with Crippen LogP contribution in [0.1, 0.15) is 42.6 Å². The lowest BCUT2D eigenvalue weighted by atomic mass is 10.2. The Labute approximate surface area is 215 Å². The van der Waals surface area contributed by atoms with Gasteiger partial charge in [-0.2, -0.15) is 5.10 Å². The van der Waals surface area contributed by atoms with Crippen molar-refractivity contribution in [2.24, 2.45) is 5.10 Å². The maximum atomic E-state index is 12.4. The first-order valence-electron chi connectivity index (χ1n) is 11.9. The number of nitrogens with zero attached hydrogens (tertiary/aromatic N) is 1. The van der Waals surface area contributed by atoms with Gasteiger partial charge in [-0.3, -0.25) is 9.59 Å². The minimum atomic E-state index is -0.919. The largest absolute Gasteiger partial charge is 0.494 e. The molecule has 9 nitrogen and oxygen atoms in total. The number of amides is 2. The number of unbranched alkanes of at least 4 members (excludes halogenated alkanes) is 1. The zero-order chi connectivity index (χ0) is 26.5. The summed E-state index contributed by atoms with van der Waals surface area (Å²) >= 11 is 0. The fraction of sp³-hybridized carbons (Fsp3) is 0.214. The van der Waals surface area contributed by atoms with E-state index in [1.54, 1.807) is 72.8 Å². The van der Waals surface area contributed by atoms with Gasteiger partial charge < -0.3 is 19.5 Å². The Morgan fingerprint density at radius 2 is 1.41 bits per heavy atom. The Bertz CT molecular complexity index is 1210. The van der Waals surface area contributed by atoms with Gasteiger partial charge >= 0.3 is 17.8 Å². The predicted octanol–water partition coefficient (Wildman–Crippen LogP) is 4.57. The van der Waals surface area contributed by atoms with E-state index >= 15 is 0 Å². The predicted molar refractivity (Wildman–Crippen MR) is 140 cm³/mol. The van der Waals surface area contributed by atoms with Gasteiger partial charge in [0, 0.05) is 5.69 Å². The Morgan fingerprint density at radius 3 is 2.05 bits per heavy atom. The third-order valence-corrected chi connectivity index (χ3v) is 4.96. The van der Waals surface area contributed by atoms with Crippen LogP contribution >= 0.6 is 0 Å². The van der Waals surface area contributed by atoms with Gasteiger partial charge in [-0.1, -0.05) is 13.3 Å². The van der Waals surface area contributed by atoms with E-state index in [2.05, 4.69) is 22.8 Å². The molecule has 2 amide bonds. The van der Waals surface area contributed by atoms with Gasteiger partial charge in [-0.25, -0.2) is 10.2 Å². The smallest absolute Gasteiger partial charge is 0.343 e. The van der Waals surface area contributed by atoms with Crippen molar-refractivity contribution in [1.29, 1.82) is 0 Å². The SMILES string of the molecule is CCCCOc1ccc(C(=O)Oc2ccc(C=NNC(=O)C(=O)Nc3ccc(OCC)cc3)cc2)cc1. The van der Waals surface area contributed by atoms with Gasteiger partial charge in [-0.05, 0) is 91.7 Å². The lowest BCUT2D eigenvalue weighted by molar-refractivity contribution is -0.136. The van der Waals surface area contributed by atoms with Crippen molar-refractivity contribution in [2.75, 3.05) is 18.5 Å². The molecule has 0 saturated carbocycles. The van der Waals surface area contributed by atoms with E-state index < -0.39 is 17.8 Å². The molecule has 3 aromatic rings. The second-order valence-corrected chi connectivity index (χ2v) is 7.80. The lowest BCUT2D eigenvalue weighted by Gasteiger charge is -2.07. The molecule has 37 heavy (non-hydrogen) atoms. The van der Waals surface area contributed by atoms with Crippen molar-refractivity contribution >= 4 is 29.7 Å². The van der Waals surface area contributed by atoms with E-state index in [4.69, 9.17) is 14.2 Å². The molecule has 0 radical (unpaired) electrons. The molecule has 2 N–H and O–H groups in total. The molecule has 0 spiro atoms. The molecular formula is C28H29N3O6. The third kappa shape index (κ3) is 8.81. The van der Waals surface area contributed by atoms with E-state index in [1.165, 1.54) is 6.21 Å². The van der Waals surface area contributed by atoms with Gasteiger partial charge in [-0.15, -0.1) is 0 Å². The summed E-state index contributed by atoms with van der Waals surface area (Å²) in [7, 11) is 0. The van der Waals surface area contributed by atoms with Crippen molar-refractivity contribution < 1.29 is 28.6 Å². The van der Waals surface area contributed by atoms with Crippen molar-refractivity contribution in [1.82, 2.24) is 5.43 Å². The molecular weight excluding hydrogens is 474 g/mol. The molecule has 0 aliphatic rings. The summed E-state index contributed by atoms with van der Waals surface area (Å²) < 4.78 is 16.3. The zero-order valence-corrected chi connectivity index (χ0v) is 20.7. The van der Waals surface area contributed by atoms with Crippen LogP contribution in [0.4, 0.5) is 5.69 Å². The molecule has 0 aliphatic heterocycles. The summed E-state index contributed by atoms with van der Waals surface area (Å²) in [6.45, 7) is 5.13. The minimum Gasteiger partial charge on any atom is -0.494 e.